The molecule has 3 aromatic rings. The van der Waals surface area contributed by atoms with Crippen molar-refractivity contribution >= 4 is 38.7 Å². The zero-order valence-corrected chi connectivity index (χ0v) is 20.5. The van der Waals surface area contributed by atoms with E-state index in [0.717, 1.165) is 32.2 Å². The maximum Gasteiger partial charge on any atom is 0.338 e. The largest absolute Gasteiger partial charge is 0.456 e. The molecule has 32 heavy (non-hydrogen) atoms. The number of ether oxygens (including phenoxy) is 1. The van der Waals surface area contributed by atoms with Crippen LogP contribution in [0.5, 0.6) is 0 Å². The second-order valence-corrected chi connectivity index (χ2v) is 10.3. The minimum Gasteiger partial charge on any atom is -0.456 e. The molecule has 1 aromatic heterocycles. The summed E-state index contributed by atoms with van der Waals surface area (Å²) in [6.45, 7) is 5.55. The molecule has 2 heterocycles. The molecule has 4 rings (SSSR count). The van der Waals surface area contributed by atoms with Gasteiger partial charge in [-0.1, -0.05) is 28.1 Å². The van der Waals surface area contributed by atoms with Crippen molar-refractivity contribution in [3.8, 4) is 0 Å². The van der Waals surface area contributed by atoms with Crippen LogP contribution in [-0.4, -0.2) is 47.5 Å². The molecular weight excluding hydrogens is 470 g/mol. The molecule has 2 N–H and O–H groups in total. The van der Waals surface area contributed by atoms with Gasteiger partial charge in [0.2, 0.25) is 5.91 Å². The van der Waals surface area contributed by atoms with Gasteiger partial charge in [-0.25, -0.2) is 4.79 Å². The average Bonchev–Trinajstić information content (AvgIpc) is 3.09. The molecule has 1 amide bonds. The Morgan fingerprint density at radius 1 is 1.09 bits per heavy atom. The minimum atomic E-state index is -0.548. The van der Waals surface area contributed by atoms with Gasteiger partial charge in [-0.15, -0.1) is 0 Å². The predicted octanol–water partition coefficient (Wildman–Crippen LogP) is 4.58. The number of amides is 1. The fraction of sp³-hybridized carbons (Fsp3) is 0.360. The van der Waals surface area contributed by atoms with Gasteiger partial charge in [-0.3, -0.25) is 10.1 Å². The van der Waals surface area contributed by atoms with Crippen LogP contribution in [-0.2, 0) is 16.0 Å². The van der Waals surface area contributed by atoms with Gasteiger partial charge in [0.25, 0.3) is 0 Å². The van der Waals surface area contributed by atoms with Gasteiger partial charge in [-0.05, 0) is 68.7 Å². The maximum absolute atomic E-state index is 12.9. The standard InChI is InChI=1S/C25H28BrN3O3/c1-25(2,3)32-24(31)15-8-6-14(7-9-15)21-22-18(13-20(28-21)23(30)29(4)5)17-12-16(26)10-11-19(17)27-22/h6-12,20-21,27-28H,13H2,1-5H3/t20-,21+/m1/s1. The first-order chi connectivity index (χ1) is 15.0. The third kappa shape index (κ3) is 4.45. The molecule has 0 fully saturated rings. The Bertz CT molecular complexity index is 1180. The molecule has 0 spiro atoms. The van der Waals surface area contributed by atoms with Crippen molar-refractivity contribution in [1.29, 1.82) is 0 Å². The lowest BCUT2D eigenvalue weighted by molar-refractivity contribution is -0.131. The quantitative estimate of drug-likeness (QED) is 0.519. The van der Waals surface area contributed by atoms with E-state index in [-0.39, 0.29) is 24.0 Å². The molecule has 0 bridgehead atoms. The molecule has 2 aromatic carbocycles. The molecule has 0 unspecified atom stereocenters. The van der Waals surface area contributed by atoms with Gasteiger partial charge >= 0.3 is 5.97 Å². The summed E-state index contributed by atoms with van der Waals surface area (Å²) in [7, 11) is 3.55. The van der Waals surface area contributed by atoms with E-state index in [4.69, 9.17) is 4.74 Å². The number of hydrogen-bond donors (Lipinski definition) is 2. The van der Waals surface area contributed by atoms with E-state index in [1.165, 1.54) is 0 Å². The Morgan fingerprint density at radius 3 is 2.41 bits per heavy atom. The van der Waals surface area contributed by atoms with Gasteiger partial charge in [0.05, 0.1) is 17.6 Å². The highest BCUT2D eigenvalue weighted by Gasteiger charge is 2.34. The van der Waals surface area contributed by atoms with Crippen molar-refractivity contribution in [3.05, 3.63) is 69.3 Å². The number of carbonyl (C=O) groups is 2. The first-order valence-corrected chi connectivity index (χ1v) is 11.4. The van der Waals surface area contributed by atoms with Gasteiger partial charge < -0.3 is 14.6 Å². The molecule has 168 valence electrons. The SMILES string of the molecule is CN(C)C(=O)[C@H]1Cc2c([nH]c3ccc(Br)cc23)[C@H](c2ccc(C(=O)OC(C)(C)C)cc2)N1. The van der Waals surface area contributed by atoms with Crippen LogP contribution in [0.25, 0.3) is 10.9 Å². The van der Waals surface area contributed by atoms with Crippen molar-refractivity contribution in [2.45, 2.75) is 44.9 Å². The second-order valence-electron chi connectivity index (χ2n) is 9.42. The number of esters is 1. The number of likely N-dealkylation sites (N-methyl/N-ethyl adjacent to an activating group) is 1. The number of hydrogen-bond acceptors (Lipinski definition) is 4. The van der Waals surface area contributed by atoms with E-state index in [9.17, 15) is 9.59 Å². The number of nitrogens with zero attached hydrogens (tertiary/aromatic N) is 1. The average molecular weight is 498 g/mol. The van der Waals surface area contributed by atoms with Gasteiger partial charge in [0.15, 0.2) is 0 Å². The van der Waals surface area contributed by atoms with Gasteiger partial charge in [0.1, 0.15) is 5.60 Å². The molecule has 7 heteroatoms. The number of rotatable bonds is 3. The number of aromatic nitrogens is 1. The number of halogens is 1. The predicted molar refractivity (Wildman–Crippen MR) is 129 cm³/mol. The maximum atomic E-state index is 12.9. The van der Waals surface area contributed by atoms with Crippen LogP contribution in [0.3, 0.4) is 0 Å². The van der Waals surface area contributed by atoms with E-state index >= 15 is 0 Å². The van der Waals surface area contributed by atoms with E-state index in [2.05, 4.69) is 32.3 Å². The summed E-state index contributed by atoms with van der Waals surface area (Å²) in [5, 5.41) is 4.63. The van der Waals surface area contributed by atoms with Gasteiger partial charge in [0, 0.05) is 35.2 Å². The zero-order chi connectivity index (χ0) is 23.2. The van der Waals surface area contributed by atoms with E-state index in [1.807, 2.05) is 45.0 Å². The number of H-pyrrole nitrogens is 1. The highest BCUT2D eigenvalue weighted by atomic mass is 79.9. The first-order valence-electron chi connectivity index (χ1n) is 10.6. The molecule has 1 aliphatic heterocycles. The van der Waals surface area contributed by atoms with Crippen LogP contribution >= 0.6 is 15.9 Å². The highest BCUT2D eigenvalue weighted by Crippen LogP contribution is 2.36. The van der Waals surface area contributed by atoms with Crippen molar-refractivity contribution in [1.82, 2.24) is 15.2 Å². The summed E-state index contributed by atoms with van der Waals surface area (Å²) in [6, 6.07) is 13.0. The topological polar surface area (TPSA) is 74.4 Å². The second kappa shape index (κ2) is 8.37. The molecule has 6 nitrogen and oxygen atoms in total. The minimum absolute atomic E-state index is 0.0374. The molecule has 1 aliphatic rings. The summed E-state index contributed by atoms with van der Waals surface area (Å²) in [6.07, 6.45) is 0.606. The summed E-state index contributed by atoms with van der Waals surface area (Å²) < 4.78 is 6.48. The Kier molecular flexibility index (Phi) is 5.90. The fourth-order valence-electron chi connectivity index (χ4n) is 4.14. The normalized spacial score (nSPS) is 18.3. The molecule has 0 radical (unpaired) electrons. The number of aromatic amines is 1. The lowest BCUT2D eigenvalue weighted by Gasteiger charge is -2.32. The van der Waals surface area contributed by atoms with Gasteiger partial charge in [-0.2, -0.15) is 0 Å². The summed E-state index contributed by atoms with van der Waals surface area (Å²) >= 11 is 3.57. The van der Waals surface area contributed by atoms with Crippen LogP contribution in [0, 0.1) is 0 Å². The summed E-state index contributed by atoms with van der Waals surface area (Å²) in [4.78, 5) is 30.5. The number of benzene rings is 2. The molecule has 0 saturated heterocycles. The lowest BCUT2D eigenvalue weighted by atomic mass is 9.89. The van der Waals surface area contributed by atoms with Crippen LogP contribution in [0.2, 0.25) is 0 Å². The van der Waals surface area contributed by atoms with Crippen molar-refractivity contribution in [3.63, 3.8) is 0 Å². The lowest BCUT2D eigenvalue weighted by Crippen LogP contribution is -2.49. The number of fused-ring (bicyclic) bond motifs is 3. The molecule has 0 aliphatic carbocycles. The van der Waals surface area contributed by atoms with Crippen LogP contribution in [0.15, 0.2) is 46.9 Å². The van der Waals surface area contributed by atoms with Crippen molar-refractivity contribution < 1.29 is 14.3 Å². The third-order valence-electron chi connectivity index (χ3n) is 5.58. The Morgan fingerprint density at radius 2 is 1.78 bits per heavy atom. The third-order valence-corrected chi connectivity index (χ3v) is 6.08. The highest BCUT2D eigenvalue weighted by molar-refractivity contribution is 9.10. The Hall–Kier alpha value is -2.64. The zero-order valence-electron chi connectivity index (χ0n) is 19.0. The fourth-order valence-corrected chi connectivity index (χ4v) is 4.50. The molecule has 0 saturated carbocycles. The van der Waals surface area contributed by atoms with Crippen LogP contribution in [0.4, 0.5) is 0 Å². The van der Waals surface area contributed by atoms with E-state index in [1.54, 1.807) is 31.1 Å². The van der Waals surface area contributed by atoms with Crippen LogP contribution < -0.4 is 5.32 Å². The smallest absolute Gasteiger partial charge is 0.338 e. The van der Waals surface area contributed by atoms with E-state index in [0.29, 0.717) is 12.0 Å². The summed E-state index contributed by atoms with van der Waals surface area (Å²) in [5.74, 6) is -0.312. The Labute approximate surface area is 196 Å². The first kappa shape index (κ1) is 22.6. The van der Waals surface area contributed by atoms with Crippen molar-refractivity contribution in [2.75, 3.05) is 14.1 Å². The van der Waals surface area contributed by atoms with E-state index < -0.39 is 5.60 Å². The van der Waals surface area contributed by atoms with Crippen LogP contribution in [0.1, 0.15) is 54.0 Å². The Balaban J connectivity index is 1.74. The van der Waals surface area contributed by atoms with Crippen molar-refractivity contribution in [2.24, 2.45) is 0 Å². The monoisotopic (exact) mass is 497 g/mol. The molecular formula is C25H28BrN3O3. The number of nitrogens with one attached hydrogen (secondary N) is 2. The number of carbonyl (C=O) groups excluding carboxylic acids is 2. The summed E-state index contributed by atoms with van der Waals surface area (Å²) in [5.41, 5.74) is 4.15. The molecule has 2 atom stereocenters.